The summed E-state index contributed by atoms with van der Waals surface area (Å²) in [6, 6.07) is 4.53. The molecule has 1 aromatic heterocycles. The Balaban J connectivity index is 2.65. The van der Waals surface area contributed by atoms with Gasteiger partial charge < -0.3 is 4.98 Å². The molecular formula is C12H6Cl3NO2. The highest BCUT2D eigenvalue weighted by atomic mass is 35.5. The van der Waals surface area contributed by atoms with Crippen LogP contribution in [-0.4, -0.2) is 11.3 Å². The number of hydrogen-bond donors (Lipinski definition) is 1. The van der Waals surface area contributed by atoms with Crippen LogP contribution in [0.5, 0.6) is 0 Å². The monoisotopic (exact) mass is 301 g/mol. The summed E-state index contributed by atoms with van der Waals surface area (Å²) in [5.41, 5.74) is 0.741. The van der Waals surface area contributed by atoms with Crippen molar-refractivity contribution in [2.24, 2.45) is 0 Å². The van der Waals surface area contributed by atoms with Crippen LogP contribution in [0.25, 0.3) is 11.1 Å². The number of aldehydes is 1. The van der Waals surface area contributed by atoms with Crippen LogP contribution in [-0.2, 0) is 0 Å². The van der Waals surface area contributed by atoms with Gasteiger partial charge in [-0.15, -0.1) is 0 Å². The van der Waals surface area contributed by atoms with Gasteiger partial charge in [0.1, 0.15) is 0 Å². The zero-order valence-electron chi connectivity index (χ0n) is 8.84. The highest BCUT2D eigenvalue weighted by Gasteiger charge is 2.10. The molecule has 0 saturated carbocycles. The van der Waals surface area contributed by atoms with Gasteiger partial charge in [0, 0.05) is 17.3 Å². The minimum atomic E-state index is -0.454. The van der Waals surface area contributed by atoms with Crippen molar-refractivity contribution >= 4 is 41.1 Å². The number of halogens is 3. The summed E-state index contributed by atoms with van der Waals surface area (Å²) in [5.74, 6) is 0. The highest BCUT2D eigenvalue weighted by molar-refractivity contribution is 6.44. The molecule has 6 heteroatoms. The van der Waals surface area contributed by atoms with Gasteiger partial charge in [0.05, 0.1) is 20.6 Å². The Hall–Kier alpha value is -1.29. The van der Waals surface area contributed by atoms with Gasteiger partial charge in [0.15, 0.2) is 6.29 Å². The molecule has 1 N–H and O–H groups in total. The molecule has 2 rings (SSSR count). The highest BCUT2D eigenvalue weighted by Crippen LogP contribution is 2.34. The summed E-state index contributed by atoms with van der Waals surface area (Å²) in [6.07, 6.45) is 1.94. The SMILES string of the molecule is O=Cc1cc(-c2cc(Cl)c(Cl)cc2Cl)c[nH]c1=O. The van der Waals surface area contributed by atoms with E-state index in [9.17, 15) is 9.59 Å². The van der Waals surface area contributed by atoms with Gasteiger partial charge in [-0.25, -0.2) is 0 Å². The largest absolute Gasteiger partial charge is 0.328 e. The van der Waals surface area contributed by atoms with Gasteiger partial charge in [-0.2, -0.15) is 0 Å². The van der Waals surface area contributed by atoms with E-state index in [2.05, 4.69) is 4.98 Å². The molecule has 0 saturated heterocycles. The molecule has 0 aliphatic heterocycles. The van der Waals surface area contributed by atoms with E-state index in [0.29, 0.717) is 32.5 Å². The fraction of sp³-hybridized carbons (Fsp3) is 0. The minimum absolute atomic E-state index is 0.0228. The maximum Gasteiger partial charge on any atom is 0.258 e. The Morgan fingerprint density at radius 2 is 1.67 bits per heavy atom. The number of nitrogens with one attached hydrogen (secondary N) is 1. The van der Waals surface area contributed by atoms with E-state index in [0.717, 1.165) is 0 Å². The van der Waals surface area contributed by atoms with E-state index >= 15 is 0 Å². The summed E-state index contributed by atoms with van der Waals surface area (Å²) in [5, 5.41) is 1.06. The molecule has 0 atom stereocenters. The lowest BCUT2D eigenvalue weighted by Gasteiger charge is -2.06. The first-order valence-corrected chi connectivity index (χ1v) is 5.99. The quantitative estimate of drug-likeness (QED) is 0.677. The summed E-state index contributed by atoms with van der Waals surface area (Å²) in [6.45, 7) is 0. The molecule has 0 aliphatic rings. The van der Waals surface area contributed by atoms with Crippen molar-refractivity contribution in [3.63, 3.8) is 0 Å². The molecule has 0 amide bonds. The van der Waals surface area contributed by atoms with Crippen molar-refractivity contribution in [2.45, 2.75) is 0 Å². The second-order valence-corrected chi connectivity index (χ2v) is 4.76. The van der Waals surface area contributed by atoms with Crippen molar-refractivity contribution in [1.29, 1.82) is 0 Å². The maximum absolute atomic E-state index is 11.3. The van der Waals surface area contributed by atoms with Gasteiger partial charge in [0.2, 0.25) is 0 Å². The third kappa shape index (κ3) is 2.43. The van der Waals surface area contributed by atoms with E-state index in [4.69, 9.17) is 34.8 Å². The van der Waals surface area contributed by atoms with Crippen LogP contribution in [0.1, 0.15) is 10.4 Å². The fourth-order valence-corrected chi connectivity index (χ4v) is 2.14. The van der Waals surface area contributed by atoms with Gasteiger partial charge >= 0.3 is 0 Å². The van der Waals surface area contributed by atoms with Crippen LogP contribution in [0.3, 0.4) is 0 Å². The van der Waals surface area contributed by atoms with Gasteiger partial charge in [-0.1, -0.05) is 34.8 Å². The zero-order valence-corrected chi connectivity index (χ0v) is 11.1. The second kappa shape index (κ2) is 5.14. The number of pyridine rings is 1. The number of rotatable bonds is 2. The first-order valence-electron chi connectivity index (χ1n) is 4.85. The molecule has 0 radical (unpaired) electrons. The molecular weight excluding hydrogens is 296 g/mol. The third-order valence-electron chi connectivity index (χ3n) is 2.38. The smallest absolute Gasteiger partial charge is 0.258 e. The number of aromatic amines is 1. The van der Waals surface area contributed by atoms with E-state index < -0.39 is 5.56 Å². The van der Waals surface area contributed by atoms with Crippen molar-refractivity contribution in [3.8, 4) is 11.1 Å². The van der Waals surface area contributed by atoms with E-state index in [1.807, 2.05) is 0 Å². The van der Waals surface area contributed by atoms with E-state index in [1.54, 1.807) is 6.07 Å². The van der Waals surface area contributed by atoms with Crippen LogP contribution in [0.2, 0.25) is 15.1 Å². The molecule has 0 bridgehead atoms. The Bertz CT molecular complexity index is 680. The summed E-state index contributed by atoms with van der Waals surface area (Å²) in [7, 11) is 0. The second-order valence-electron chi connectivity index (χ2n) is 3.54. The number of benzene rings is 1. The van der Waals surface area contributed by atoms with Gasteiger partial charge in [-0.05, 0) is 18.2 Å². The minimum Gasteiger partial charge on any atom is -0.328 e. The van der Waals surface area contributed by atoms with Crippen LogP contribution < -0.4 is 5.56 Å². The van der Waals surface area contributed by atoms with Crippen molar-refractivity contribution < 1.29 is 4.79 Å². The van der Waals surface area contributed by atoms with Gasteiger partial charge in [0.25, 0.3) is 5.56 Å². The van der Waals surface area contributed by atoms with Crippen molar-refractivity contribution in [3.05, 3.63) is 55.4 Å². The van der Waals surface area contributed by atoms with Crippen LogP contribution >= 0.6 is 34.8 Å². The van der Waals surface area contributed by atoms with Crippen molar-refractivity contribution in [2.75, 3.05) is 0 Å². The molecule has 1 heterocycles. The normalized spacial score (nSPS) is 10.4. The van der Waals surface area contributed by atoms with Crippen LogP contribution in [0.15, 0.2) is 29.2 Å². The van der Waals surface area contributed by atoms with Crippen LogP contribution in [0, 0.1) is 0 Å². The fourth-order valence-electron chi connectivity index (χ4n) is 1.49. The Kier molecular flexibility index (Phi) is 3.76. The molecule has 0 fully saturated rings. The molecule has 0 spiro atoms. The average molecular weight is 303 g/mol. The number of hydrogen-bond acceptors (Lipinski definition) is 2. The first kappa shape index (κ1) is 13.1. The lowest BCUT2D eigenvalue weighted by molar-refractivity contribution is 0.112. The molecule has 0 unspecified atom stereocenters. The molecule has 18 heavy (non-hydrogen) atoms. The summed E-state index contributed by atoms with van der Waals surface area (Å²) < 4.78 is 0. The lowest BCUT2D eigenvalue weighted by Crippen LogP contribution is -2.10. The van der Waals surface area contributed by atoms with Crippen molar-refractivity contribution in [1.82, 2.24) is 4.98 Å². The molecule has 92 valence electrons. The maximum atomic E-state index is 11.3. The standard InChI is InChI=1S/C12H6Cl3NO2/c13-9-3-11(15)10(14)2-8(9)6-1-7(5-17)12(18)16-4-6/h1-5H,(H,16,18). The predicted octanol–water partition coefficient (Wildman–Crippen LogP) is 3.81. The summed E-state index contributed by atoms with van der Waals surface area (Å²) >= 11 is 17.8. The molecule has 3 nitrogen and oxygen atoms in total. The Morgan fingerprint density at radius 3 is 2.33 bits per heavy atom. The molecule has 0 aliphatic carbocycles. The topological polar surface area (TPSA) is 49.9 Å². The van der Waals surface area contributed by atoms with Gasteiger partial charge in [-0.3, -0.25) is 9.59 Å². The predicted molar refractivity (Wildman–Crippen MR) is 72.9 cm³/mol. The third-order valence-corrected chi connectivity index (χ3v) is 3.41. The Morgan fingerprint density at radius 1 is 1.00 bits per heavy atom. The molecule has 2 aromatic rings. The summed E-state index contributed by atoms with van der Waals surface area (Å²) in [4.78, 5) is 24.4. The lowest BCUT2D eigenvalue weighted by atomic mass is 10.1. The average Bonchev–Trinajstić information content (AvgIpc) is 2.35. The number of carbonyl (C=O) groups excluding carboxylic acids is 1. The number of aromatic nitrogens is 1. The van der Waals surface area contributed by atoms with E-state index in [-0.39, 0.29) is 5.56 Å². The first-order chi connectivity index (χ1) is 8.52. The van der Waals surface area contributed by atoms with E-state index in [1.165, 1.54) is 18.3 Å². The number of H-pyrrole nitrogens is 1. The zero-order chi connectivity index (χ0) is 13.3. The molecule has 1 aromatic carbocycles. The van der Waals surface area contributed by atoms with Crippen LogP contribution in [0.4, 0.5) is 0 Å². The Labute approximate surface area is 117 Å². The number of carbonyl (C=O) groups is 1.